The van der Waals surface area contributed by atoms with Crippen LogP contribution in [-0.4, -0.2) is 27.1 Å². The van der Waals surface area contributed by atoms with Crippen LogP contribution in [0, 0.1) is 11.2 Å². The molecule has 5 N–H and O–H groups in total. The third-order valence-electron chi connectivity index (χ3n) is 6.67. The monoisotopic (exact) mass is 395 g/mol. The topological polar surface area (TPSA) is 98.4 Å². The van der Waals surface area contributed by atoms with E-state index >= 15 is 0 Å². The summed E-state index contributed by atoms with van der Waals surface area (Å²) in [6, 6.07) is 8.32. The molecule has 152 valence electrons. The van der Waals surface area contributed by atoms with Gasteiger partial charge in [0.1, 0.15) is 5.82 Å². The molecule has 0 bridgehead atoms. The lowest BCUT2D eigenvalue weighted by Gasteiger charge is -2.39. The molecule has 7 heteroatoms. The van der Waals surface area contributed by atoms with Crippen LogP contribution < -0.4 is 16.8 Å². The third-order valence-corrected chi connectivity index (χ3v) is 6.67. The Labute approximate surface area is 169 Å². The Morgan fingerprint density at radius 1 is 1.28 bits per heavy atom. The fourth-order valence-electron chi connectivity index (χ4n) is 4.17. The molecule has 1 fully saturated rings. The fourth-order valence-corrected chi connectivity index (χ4v) is 4.17. The van der Waals surface area contributed by atoms with E-state index in [1.807, 2.05) is 18.3 Å². The smallest absolute Gasteiger partial charge is 0.252 e. The minimum Gasteiger partial charge on any atom is -0.379 e. The number of benzene rings is 1. The van der Waals surface area contributed by atoms with Crippen LogP contribution in [0.25, 0.3) is 16.6 Å². The molecule has 1 aromatic carbocycles. The van der Waals surface area contributed by atoms with Crippen molar-refractivity contribution in [3.8, 4) is 11.1 Å². The Balaban J connectivity index is 1.83. The first kappa shape index (κ1) is 19.4. The molecule has 1 aliphatic carbocycles. The molecule has 3 aromatic rings. The van der Waals surface area contributed by atoms with E-state index in [0.29, 0.717) is 16.8 Å². The molecule has 0 aliphatic heterocycles. The van der Waals surface area contributed by atoms with Gasteiger partial charge >= 0.3 is 0 Å². The van der Waals surface area contributed by atoms with Crippen molar-refractivity contribution in [3.05, 3.63) is 54.1 Å². The number of halogens is 1. The van der Waals surface area contributed by atoms with Gasteiger partial charge in [0.15, 0.2) is 0 Å². The van der Waals surface area contributed by atoms with Crippen LogP contribution in [0.2, 0.25) is 0 Å². The molecule has 1 aliphatic rings. The van der Waals surface area contributed by atoms with Gasteiger partial charge in [-0.25, -0.2) is 8.91 Å². The molecule has 1 amide bonds. The maximum absolute atomic E-state index is 13.7. The van der Waals surface area contributed by atoms with Gasteiger partial charge < -0.3 is 16.8 Å². The van der Waals surface area contributed by atoms with E-state index in [2.05, 4.69) is 31.2 Å². The molecule has 0 radical (unpaired) electrons. The number of aromatic nitrogens is 2. The number of carbonyl (C=O) groups excluding carboxylic acids is 1. The van der Waals surface area contributed by atoms with Crippen molar-refractivity contribution in [1.29, 1.82) is 0 Å². The molecule has 4 rings (SSSR count). The normalized spacial score (nSPS) is 23.4. The summed E-state index contributed by atoms with van der Waals surface area (Å²) in [7, 11) is 0. The molecule has 0 saturated heterocycles. The molecule has 0 spiro atoms. The molecular weight excluding hydrogens is 369 g/mol. The molecule has 1 saturated carbocycles. The van der Waals surface area contributed by atoms with E-state index < -0.39 is 5.91 Å². The molecule has 29 heavy (non-hydrogen) atoms. The van der Waals surface area contributed by atoms with Gasteiger partial charge in [0.25, 0.3) is 5.91 Å². The lowest BCUT2D eigenvalue weighted by atomic mass is 9.75. The van der Waals surface area contributed by atoms with Gasteiger partial charge in [-0.2, -0.15) is 5.10 Å². The largest absolute Gasteiger partial charge is 0.379 e. The number of carbonyl (C=O) groups is 1. The van der Waals surface area contributed by atoms with E-state index in [1.165, 1.54) is 18.3 Å². The second kappa shape index (κ2) is 6.56. The highest BCUT2D eigenvalue weighted by Gasteiger charge is 2.49. The van der Waals surface area contributed by atoms with Crippen molar-refractivity contribution < 1.29 is 9.18 Å². The van der Waals surface area contributed by atoms with Crippen molar-refractivity contribution in [2.24, 2.45) is 16.9 Å². The van der Waals surface area contributed by atoms with Crippen LogP contribution in [0.3, 0.4) is 0 Å². The highest BCUT2D eigenvalue weighted by molar-refractivity contribution is 6.02. The summed E-state index contributed by atoms with van der Waals surface area (Å²) in [4.78, 5) is 12.1. The van der Waals surface area contributed by atoms with E-state index in [1.54, 1.807) is 10.6 Å². The number of fused-ring (bicyclic) bond motifs is 1. The fraction of sp³-hybridized carbons (Fsp3) is 0.364. The van der Waals surface area contributed by atoms with Crippen molar-refractivity contribution in [2.45, 2.75) is 45.2 Å². The van der Waals surface area contributed by atoms with Gasteiger partial charge in [-0.05, 0) is 43.5 Å². The molecule has 2 heterocycles. The van der Waals surface area contributed by atoms with Gasteiger partial charge in [-0.1, -0.05) is 26.0 Å². The number of nitrogens with two attached hydrogens (primary N) is 2. The number of rotatable bonds is 4. The van der Waals surface area contributed by atoms with Crippen molar-refractivity contribution in [2.75, 3.05) is 5.32 Å². The second-order valence-electron chi connectivity index (χ2n) is 8.74. The summed E-state index contributed by atoms with van der Waals surface area (Å²) in [5.74, 6) is -0.862. The van der Waals surface area contributed by atoms with Crippen LogP contribution in [-0.2, 0) is 0 Å². The number of hydrogen-bond acceptors (Lipinski definition) is 4. The zero-order valence-electron chi connectivity index (χ0n) is 16.9. The van der Waals surface area contributed by atoms with Crippen LogP contribution >= 0.6 is 0 Å². The van der Waals surface area contributed by atoms with E-state index in [-0.39, 0.29) is 22.8 Å². The minimum atomic E-state index is -0.553. The van der Waals surface area contributed by atoms with Crippen LogP contribution in [0.5, 0.6) is 0 Å². The highest BCUT2D eigenvalue weighted by atomic mass is 19.1. The van der Waals surface area contributed by atoms with E-state index in [0.717, 1.165) is 24.0 Å². The molecule has 2 atom stereocenters. The number of anilines is 1. The predicted octanol–water partition coefficient (Wildman–Crippen LogP) is 3.56. The number of nitrogens with zero attached hydrogens (tertiary/aromatic N) is 2. The van der Waals surface area contributed by atoms with Gasteiger partial charge in [0.2, 0.25) is 0 Å². The Bertz CT molecular complexity index is 1100. The maximum Gasteiger partial charge on any atom is 0.252 e. The molecular formula is C22H26FN5O. The van der Waals surface area contributed by atoms with Crippen LogP contribution in [0.15, 0.2) is 42.7 Å². The van der Waals surface area contributed by atoms with Gasteiger partial charge in [0.05, 0.1) is 23.0 Å². The van der Waals surface area contributed by atoms with E-state index in [4.69, 9.17) is 11.5 Å². The first-order valence-corrected chi connectivity index (χ1v) is 9.73. The number of amides is 1. The average molecular weight is 395 g/mol. The SMILES string of the molecule is CC1(C)[C@H](Nc2c(C(N)=O)cnn3cc(-c4cccc(F)c4)cc23)CC[C@]1(C)N. The third kappa shape index (κ3) is 3.15. The van der Waals surface area contributed by atoms with Gasteiger partial charge in [-0.3, -0.25) is 4.79 Å². The summed E-state index contributed by atoms with van der Waals surface area (Å²) in [5.41, 5.74) is 14.8. The molecule has 6 nitrogen and oxygen atoms in total. The summed E-state index contributed by atoms with van der Waals surface area (Å²) < 4.78 is 15.4. The number of nitrogens with one attached hydrogen (secondary N) is 1. The second-order valence-corrected chi connectivity index (χ2v) is 8.74. The summed E-state index contributed by atoms with van der Waals surface area (Å²) in [6.07, 6.45) is 5.04. The Kier molecular flexibility index (Phi) is 4.38. The van der Waals surface area contributed by atoms with Crippen molar-refractivity contribution >= 4 is 17.1 Å². The lowest BCUT2D eigenvalue weighted by Crippen LogP contribution is -2.51. The lowest BCUT2D eigenvalue weighted by molar-refractivity contribution is 0.100. The van der Waals surface area contributed by atoms with Crippen LogP contribution in [0.1, 0.15) is 44.0 Å². The maximum atomic E-state index is 13.7. The highest BCUT2D eigenvalue weighted by Crippen LogP contribution is 2.46. The molecule has 2 aromatic heterocycles. The Morgan fingerprint density at radius 2 is 2.03 bits per heavy atom. The van der Waals surface area contributed by atoms with Crippen LogP contribution in [0.4, 0.5) is 10.1 Å². The van der Waals surface area contributed by atoms with Gasteiger partial charge in [-0.15, -0.1) is 0 Å². The van der Waals surface area contributed by atoms with Gasteiger partial charge in [0, 0.05) is 28.8 Å². The summed E-state index contributed by atoms with van der Waals surface area (Å²) >= 11 is 0. The van der Waals surface area contributed by atoms with E-state index in [9.17, 15) is 9.18 Å². The minimum absolute atomic E-state index is 0.0642. The zero-order chi connectivity index (χ0) is 21.0. The first-order valence-electron chi connectivity index (χ1n) is 9.73. The quantitative estimate of drug-likeness (QED) is 0.629. The average Bonchev–Trinajstić information content (AvgIpc) is 3.16. The standard InChI is InChI=1S/C22H26FN5O/c1-21(2)18(7-8-22(21,3)25)27-19-16(20(24)29)11-26-28-12-14(10-17(19)28)13-5-4-6-15(23)9-13/h4-6,9-12,18,27H,7-8,25H2,1-3H3,(H2,24,29)/t18-,22+/m1/s1. The summed E-state index contributed by atoms with van der Waals surface area (Å²) in [5, 5.41) is 7.87. The number of primary amides is 1. The van der Waals surface area contributed by atoms with Crippen molar-refractivity contribution in [1.82, 2.24) is 9.61 Å². The predicted molar refractivity (Wildman–Crippen MR) is 112 cm³/mol. The zero-order valence-corrected chi connectivity index (χ0v) is 16.9. The first-order chi connectivity index (χ1) is 13.6. The molecule has 0 unspecified atom stereocenters. The summed E-state index contributed by atoms with van der Waals surface area (Å²) in [6.45, 7) is 6.33. The Hall–Kier alpha value is -2.93. The van der Waals surface area contributed by atoms with Crippen molar-refractivity contribution in [3.63, 3.8) is 0 Å². The number of hydrogen-bond donors (Lipinski definition) is 3. The Morgan fingerprint density at radius 3 is 2.66 bits per heavy atom.